The molecular formula is C19H18N2O4. The van der Waals surface area contributed by atoms with Crippen LogP contribution in [-0.4, -0.2) is 33.1 Å². The Morgan fingerprint density at radius 1 is 0.920 bits per heavy atom. The average molecular weight is 338 g/mol. The van der Waals surface area contributed by atoms with Crippen LogP contribution < -0.4 is 19.5 Å². The van der Waals surface area contributed by atoms with Gasteiger partial charge in [0.1, 0.15) is 28.8 Å². The van der Waals surface area contributed by atoms with Crippen LogP contribution in [-0.2, 0) is 4.79 Å². The van der Waals surface area contributed by atoms with Gasteiger partial charge in [0.25, 0.3) is 5.91 Å². The third kappa shape index (κ3) is 3.63. The van der Waals surface area contributed by atoms with E-state index in [4.69, 9.17) is 14.2 Å². The zero-order valence-electron chi connectivity index (χ0n) is 14.2. The smallest absolute Gasteiger partial charge is 0.275 e. The van der Waals surface area contributed by atoms with Gasteiger partial charge < -0.3 is 19.5 Å². The van der Waals surface area contributed by atoms with Gasteiger partial charge >= 0.3 is 0 Å². The first-order valence-corrected chi connectivity index (χ1v) is 7.62. The van der Waals surface area contributed by atoms with Crippen molar-refractivity contribution in [3.63, 3.8) is 0 Å². The van der Waals surface area contributed by atoms with E-state index in [2.05, 4.69) is 10.3 Å². The zero-order chi connectivity index (χ0) is 17.8. The number of methoxy groups -OCH3 is 3. The number of hydrogen-bond acceptors (Lipinski definition) is 5. The molecule has 1 aliphatic heterocycles. The molecule has 1 amide bonds. The molecule has 128 valence electrons. The summed E-state index contributed by atoms with van der Waals surface area (Å²) in [6.45, 7) is 0. The number of ether oxygens (including phenoxy) is 3. The summed E-state index contributed by atoms with van der Waals surface area (Å²) in [5.41, 5.74) is 1.86. The van der Waals surface area contributed by atoms with Crippen molar-refractivity contribution >= 4 is 17.8 Å². The molecule has 6 heteroatoms. The number of rotatable bonds is 5. The van der Waals surface area contributed by atoms with E-state index < -0.39 is 0 Å². The molecule has 0 saturated heterocycles. The van der Waals surface area contributed by atoms with E-state index in [0.717, 1.165) is 11.3 Å². The van der Waals surface area contributed by atoms with Crippen molar-refractivity contribution in [2.75, 3.05) is 21.3 Å². The summed E-state index contributed by atoms with van der Waals surface area (Å²) in [4.78, 5) is 16.6. The highest BCUT2D eigenvalue weighted by Gasteiger charge is 2.22. The molecule has 0 aromatic heterocycles. The Bertz CT molecular complexity index is 849. The lowest BCUT2D eigenvalue weighted by Crippen LogP contribution is -2.24. The summed E-state index contributed by atoms with van der Waals surface area (Å²) < 4.78 is 15.7. The van der Waals surface area contributed by atoms with Crippen LogP contribution >= 0.6 is 0 Å². The lowest BCUT2D eigenvalue weighted by atomic mass is 10.2. The number of aliphatic imine (C=N–C) groups is 1. The topological polar surface area (TPSA) is 69.2 Å². The Kier molecular flexibility index (Phi) is 4.70. The summed E-state index contributed by atoms with van der Waals surface area (Å²) in [5, 5.41) is 2.77. The van der Waals surface area contributed by atoms with Crippen molar-refractivity contribution in [3.8, 4) is 17.2 Å². The molecule has 25 heavy (non-hydrogen) atoms. The number of hydrogen-bond donors (Lipinski definition) is 1. The number of carbonyl (C=O) groups is 1. The quantitative estimate of drug-likeness (QED) is 0.851. The monoisotopic (exact) mass is 338 g/mol. The van der Waals surface area contributed by atoms with Gasteiger partial charge in [-0.25, -0.2) is 4.99 Å². The molecule has 0 saturated carbocycles. The van der Waals surface area contributed by atoms with E-state index in [9.17, 15) is 4.79 Å². The highest BCUT2D eigenvalue weighted by molar-refractivity contribution is 6.20. The van der Waals surface area contributed by atoms with Crippen molar-refractivity contribution < 1.29 is 19.0 Å². The van der Waals surface area contributed by atoms with Gasteiger partial charge in [0.15, 0.2) is 0 Å². The van der Waals surface area contributed by atoms with Crippen LogP contribution in [0.1, 0.15) is 11.1 Å². The van der Waals surface area contributed by atoms with Gasteiger partial charge in [-0.15, -0.1) is 0 Å². The summed E-state index contributed by atoms with van der Waals surface area (Å²) in [5.74, 6) is 2.15. The molecule has 0 unspecified atom stereocenters. The van der Waals surface area contributed by atoms with Gasteiger partial charge in [0, 0.05) is 11.6 Å². The molecule has 0 atom stereocenters. The van der Waals surface area contributed by atoms with Crippen LogP contribution in [0.4, 0.5) is 0 Å². The van der Waals surface area contributed by atoms with Crippen LogP contribution in [0.25, 0.3) is 6.08 Å². The fourth-order valence-electron chi connectivity index (χ4n) is 2.44. The minimum atomic E-state index is -0.264. The maximum Gasteiger partial charge on any atom is 0.275 e. The Hall–Kier alpha value is -3.28. The van der Waals surface area contributed by atoms with Gasteiger partial charge in [-0.1, -0.05) is 12.1 Å². The van der Waals surface area contributed by atoms with E-state index in [0.29, 0.717) is 28.6 Å². The van der Waals surface area contributed by atoms with Crippen LogP contribution in [0.15, 0.2) is 53.2 Å². The average Bonchev–Trinajstić information content (AvgIpc) is 3.02. The number of carbonyl (C=O) groups excluding carboxylic acids is 1. The number of amides is 1. The molecule has 2 aromatic carbocycles. The maximum atomic E-state index is 12.2. The maximum absolute atomic E-state index is 12.2. The summed E-state index contributed by atoms with van der Waals surface area (Å²) in [6.07, 6.45) is 1.71. The first kappa shape index (κ1) is 16.6. The summed E-state index contributed by atoms with van der Waals surface area (Å²) >= 11 is 0. The molecule has 3 rings (SSSR count). The zero-order valence-corrected chi connectivity index (χ0v) is 14.2. The molecule has 0 aliphatic carbocycles. The highest BCUT2D eigenvalue weighted by Crippen LogP contribution is 2.25. The van der Waals surface area contributed by atoms with Gasteiger partial charge in [0.2, 0.25) is 0 Å². The van der Waals surface area contributed by atoms with E-state index in [-0.39, 0.29) is 5.91 Å². The summed E-state index contributed by atoms with van der Waals surface area (Å²) in [7, 11) is 4.74. The minimum Gasteiger partial charge on any atom is -0.497 e. The molecular weight excluding hydrogens is 320 g/mol. The Morgan fingerprint density at radius 3 is 2.24 bits per heavy atom. The normalized spacial score (nSPS) is 14.9. The molecule has 1 N–H and O–H groups in total. The van der Waals surface area contributed by atoms with Crippen LogP contribution in [0, 0.1) is 0 Å². The third-order valence-electron chi connectivity index (χ3n) is 3.72. The van der Waals surface area contributed by atoms with Gasteiger partial charge in [-0.2, -0.15) is 0 Å². The number of benzene rings is 2. The first-order chi connectivity index (χ1) is 12.1. The molecule has 1 heterocycles. The Morgan fingerprint density at radius 2 is 1.60 bits per heavy atom. The first-order valence-electron chi connectivity index (χ1n) is 7.62. The van der Waals surface area contributed by atoms with Gasteiger partial charge in [-0.05, 0) is 35.9 Å². The lowest BCUT2D eigenvalue weighted by Gasteiger charge is -2.08. The second-order valence-electron chi connectivity index (χ2n) is 5.32. The molecule has 1 aliphatic rings. The number of nitrogens with one attached hydrogen (secondary N) is 1. The van der Waals surface area contributed by atoms with Gasteiger partial charge in [-0.3, -0.25) is 4.79 Å². The van der Waals surface area contributed by atoms with Crippen LogP contribution in [0.3, 0.4) is 0 Å². The largest absolute Gasteiger partial charge is 0.497 e. The summed E-state index contributed by atoms with van der Waals surface area (Å²) in [6, 6.07) is 12.7. The van der Waals surface area contributed by atoms with E-state index in [1.807, 2.05) is 24.3 Å². The van der Waals surface area contributed by atoms with Crippen molar-refractivity contribution in [2.24, 2.45) is 4.99 Å². The second kappa shape index (κ2) is 7.09. The van der Waals surface area contributed by atoms with Crippen molar-refractivity contribution in [1.82, 2.24) is 5.32 Å². The number of nitrogens with zero attached hydrogens (tertiary/aromatic N) is 1. The fourth-order valence-corrected chi connectivity index (χ4v) is 2.44. The van der Waals surface area contributed by atoms with Crippen molar-refractivity contribution in [3.05, 3.63) is 59.3 Å². The van der Waals surface area contributed by atoms with Crippen LogP contribution in [0.2, 0.25) is 0 Å². The standard InChI is InChI=1S/C19H18N2O4/c1-23-14-6-4-5-12(7-14)8-17-19(22)21-18(20-17)13-9-15(24-2)11-16(10-13)25-3/h4-11H,1-3H3,(H,20,21,22)/b17-8+. The molecule has 2 aromatic rings. The van der Waals surface area contributed by atoms with Gasteiger partial charge in [0.05, 0.1) is 21.3 Å². The predicted octanol–water partition coefficient (Wildman–Crippen LogP) is 2.63. The molecule has 0 radical (unpaired) electrons. The molecule has 0 bridgehead atoms. The molecule has 0 spiro atoms. The molecule has 0 fully saturated rings. The highest BCUT2D eigenvalue weighted by atomic mass is 16.5. The minimum absolute atomic E-state index is 0.264. The third-order valence-corrected chi connectivity index (χ3v) is 3.72. The fraction of sp³-hybridized carbons (Fsp3) is 0.158. The predicted molar refractivity (Wildman–Crippen MR) is 95.2 cm³/mol. The lowest BCUT2D eigenvalue weighted by molar-refractivity contribution is -0.115. The Labute approximate surface area is 145 Å². The molecule has 6 nitrogen and oxygen atoms in total. The van der Waals surface area contributed by atoms with Crippen LogP contribution in [0.5, 0.6) is 17.2 Å². The SMILES string of the molecule is COc1cccc(/C=C2/N=C(c3cc(OC)cc(OC)c3)NC2=O)c1. The van der Waals surface area contributed by atoms with E-state index in [1.165, 1.54) is 0 Å². The van der Waals surface area contributed by atoms with E-state index in [1.54, 1.807) is 45.6 Å². The van der Waals surface area contributed by atoms with E-state index >= 15 is 0 Å². The Balaban J connectivity index is 1.96. The number of amidine groups is 1. The van der Waals surface area contributed by atoms with Crippen molar-refractivity contribution in [1.29, 1.82) is 0 Å². The van der Waals surface area contributed by atoms with Crippen molar-refractivity contribution in [2.45, 2.75) is 0 Å². The second-order valence-corrected chi connectivity index (χ2v) is 5.32.